The summed E-state index contributed by atoms with van der Waals surface area (Å²) in [5, 5.41) is 33.2. The Morgan fingerprint density at radius 2 is 1.74 bits per heavy atom. The Morgan fingerprint density at radius 1 is 1.03 bits per heavy atom. The molecule has 0 aliphatic heterocycles. The van der Waals surface area contributed by atoms with E-state index in [0.717, 1.165) is 43.0 Å². The maximum atomic E-state index is 14.3. The summed E-state index contributed by atoms with van der Waals surface area (Å²) in [4.78, 5) is 10.7. The zero-order chi connectivity index (χ0) is 27.1. The Bertz CT molecular complexity index is 1210. The molecule has 1 heterocycles. The molecule has 1 saturated carbocycles. The van der Waals surface area contributed by atoms with E-state index in [1.807, 2.05) is 35.0 Å². The highest BCUT2D eigenvalue weighted by Crippen LogP contribution is 2.38. The third-order valence-corrected chi connectivity index (χ3v) is 7.21. The third kappa shape index (κ3) is 7.03. The number of halogens is 2. The summed E-state index contributed by atoms with van der Waals surface area (Å²) < 4.78 is 35.4. The number of aliphatic hydroxyl groups excluding tert-OH is 2. The third-order valence-electron chi connectivity index (χ3n) is 7.21. The molecule has 9 heteroatoms. The lowest BCUT2D eigenvalue weighted by Gasteiger charge is -2.28. The molecule has 204 valence electrons. The van der Waals surface area contributed by atoms with Gasteiger partial charge in [-0.2, -0.15) is 5.10 Å². The minimum absolute atomic E-state index is 0.286. The molecular weight excluding hydrogens is 494 g/mol. The van der Waals surface area contributed by atoms with E-state index >= 15 is 0 Å². The molecule has 0 unspecified atom stereocenters. The maximum absolute atomic E-state index is 14.3. The van der Waals surface area contributed by atoms with Crippen LogP contribution >= 0.6 is 0 Å². The highest BCUT2D eigenvalue weighted by Gasteiger charge is 2.26. The number of rotatable bonds is 12. The number of benzene rings is 2. The number of carboxylic acids is 1. The van der Waals surface area contributed by atoms with Gasteiger partial charge in [0.1, 0.15) is 12.3 Å². The van der Waals surface area contributed by atoms with Crippen molar-refractivity contribution in [3.63, 3.8) is 0 Å². The highest BCUT2D eigenvalue weighted by atomic mass is 19.2. The first-order valence-corrected chi connectivity index (χ1v) is 13.0. The van der Waals surface area contributed by atoms with E-state index in [2.05, 4.69) is 0 Å². The summed E-state index contributed by atoms with van der Waals surface area (Å²) in [6.45, 7) is 0.403. The topological polar surface area (TPSA) is 105 Å². The molecule has 3 N–H and O–H groups in total. The second-order valence-electron chi connectivity index (χ2n) is 10.0. The van der Waals surface area contributed by atoms with Gasteiger partial charge in [0, 0.05) is 23.4 Å². The Balaban J connectivity index is 1.65. The number of aromatic nitrogens is 2. The van der Waals surface area contributed by atoms with Crippen molar-refractivity contribution in [1.82, 2.24) is 9.78 Å². The van der Waals surface area contributed by atoms with Gasteiger partial charge in [0.05, 0.1) is 19.3 Å². The van der Waals surface area contributed by atoms with Crippen molar-refractivity contribution in [3.05, 3.63) is 65.9 Å². The minimum Gasteiger partial charge on any atom is -0.480 e. The summed E-state index contributed by atoms with van der Waals surface area (Å²) in [5.74, 6) is -2.20. The van der Waals surface area contributed by atoms with Crippen molar-refractivity contribution in [2.75, 3.05) is 19.8 Å². The molecule has 1 aromatic heterocycles. The van der Waals surface area contributed by atoms with Crippen molar-refractivity contribution >= 4 is 5.97 Å². The van der Waals surface area contributed by atoms with Crippen molar-refractivity contribution in [2.24, 2.45) is 11.8 Å². The van der Waals surface area contributed by atoms with E-state index in [9.17, 15) is 23.8 Å². The second kappa shape index (κ2) is 13.1. The number of aliphatic carboxylic acids is 1. The van der Waals surface area contributed by atoms with Crippen LogP contribution in [0.1, 0.15) is 37.8 Å². The number of carboxylic acid groups (broad SMARTS) is 1. The van der Waals surface area contributed by atoms with Crippen LogP contribution in [0.15, 0.2) is 48.5 Å². The average molecular weight is 529 g/mol. The molecule has 4 rings (SSSR count). The number of hydrogen-bond donors (Lipinski definition) is 3. The van der Waals surface area contributed by atoms with Crippen LogP contribution in [0.3, 0.4) is 0 Å². The van der Waals surface area contributed by atoms with Crippen LogP contribution in [0.5, 0.6) is 0 Å². The first kappa shape index (κ1) is 27.9. The van der Waals surface area contributed by atoms with Gasteiger partial charge in [-0.05, 0) is 68.1 Å². The van der Waals surface area contributed by atoms with Gasteiger partial charge in [0.25, 0.3) is 0 Å². The van der Waals surface area contributed by atoms with E-state index in [4.69, 9.17) is 14.9 Å². The SMILES string of the molecule is O=C(O)COC[C@H]1CC[C@@H](Cn2nc(-c3ccccc3)c(-c3ccc(F)c(F)c3)c2CC[C@H](O)CO)CC1. The largest absolute Gasteiger partial charge is 0.480 e. The molecule has 1 aliphatic rings. The lowest BCUT2D eigenvalue weighted by molar-refractivity contribution is -0.142. The fraction of sp³-hybridized carbons (Fsp3) is 0.448. The van der Waals surface area contributed by atoms with Gasteiger partial charge in [-0.3, -0.25) is 4.68 Å². The molecule has 1 aliphatic carbocycles. The summed E-state index contributed by atoms with van der Waals surface area (Å²) >= 11 is 0. The number of ether oxygens (including phenoxy) is 1. The van der Waals surface area contributed by atoms with E-state index in [-0.39, 0.29) is 13.2 Å². The molecule has 0 spiro atoms. The summed E-state index contributed by atoms with van der Waals surface area (Å²) in [5.41, 5.74) is 3.49. The van der Waals surface area contributed by atoms with Crippen LogP contribution in [-0.4, -0.2) is 57.0 Å². The Kier molecular flexibility index (Phi) is 9.60. The monoisotopic (exact) mass is 528 g/mol. The highest BCUT2D eigenvalue weighted by molar-refractivity contribution is 5.83. The molecule has 1 fully saturated rings. The van der Waals surface area contributed by atoms with E-state index in [1.165, 1.54) is 6.07 Å². The predicted octanol–water partition coefficient (Wildman–Crippen LogP) is 4.69. The number of aliphatic hydroxyl groups is 2. The molecular formula is C29H34F2N2O5. The van der Waals surface area contributed by atoms with Crippen LogP contribution < -0.4 is 0 Å². The van der Waals surface area contributed by atoms with Crippen LogP contribution in [0.2, 0.25) is 0 Å². The van der Waals surface area contributed by atoms with E-state index in [1.54, 1.807) is 6.07 Å². The molecule has 0 amide bonds. The normalized spacial score (nSPS) is 18.4. The average Bonchev–Trinajstić information content (AvgIpc) is 3.28. The van der Waals surface area contributed by atoms with Gasteiger partial charge >= 0.3 is 5.97 Å². The molecule has 0 radical (unpaired) electrons. The van der Waals surface area contributed by atoms with Crippen LogP contribution in [0.25, 0.3) is 22.4 Å². The Morgan fingerprint density at radius 3 is 2.39 bits per heavy atom. The fourth-order valence-electron chi connectivity index (χ4n) is 5.19. The van der Waals surface area contributed by atoms with Crippen molar-refractivity contribution in [3.8, 4) is 22.4 Å². The van der Waals surface area contributed by atoms with Crippen LogP contribution in [0, 0.1) is 23.5 Å². The summed E-state index contributed by atoms with van der Waals surface area (Å²) in [6.07, 6.45) is 3.49. The standard InChI is InChI=1S/C29H34F2N2O5/c30-24-12-10-22(14-25(24)31)28-26(13-11-23(35)16-34)33(32-29(28)21-4-2-1-3-5-21)15-19-6-8-20(9-7-19)17-38-18-27(36)37/h1-5,10,12,14,19-20,23,34-35H,6-9,11,13,15-18H2,(H,36,37)/t19-,20+,23-/m0/s1. The van der Waals surface area contributed by atoms with Crippen LogP contribution in [0.4, 0.5) is 8.78 Å². The van der Waals surface area contributed by atoms with Gasteiger partial charge < -0.3 is 20.1 Å². The fourth-order valence-corrected chi connectivity index (χ4v) is 5.19. The smallest absolute Gasteiger partial charge is 0.329 e. The molecule has 0 bridgehead atoms. The molecule has 1 atom stereocenters. The van der Waals surface area contributed by atoms with Crippen molar-refractivity contribution < 1.29 is 33.6 Å². The summed E-state index contributed by atoms with van der Waals surface area (Å²) in [6, 6.07) is 13.4. The van der Waals surface area contributed by atoms with E-state index in [0.29, 0.717) is 54.6 Å². The minimum atomic E-state index is -0.970. The van der Waals surface area contributed by atoms with Gasteiger partial charge in [0.2, 0.25) is 0 Å². The first-order chi connectivity index (χ1) is 18.4. The number of carbonyl (C=O) groups is 1. The van der Waals surface area contributed by atoms with Crippen molar-refractivity contribution in [1.29, 1.82) is 0 Å². The predicted molar refractivity (Wildman–Crippen MR) is 138 cm³/mol. The Labute approximate surface area is 220 Å². The first-order valence-electron chi connectivity index (χ1n) is 13.0. The van der Waals surface area contributed by atoms with Gasteiger partial charge in [-0.25, -0.2) is 13.6 Å². The zero-order valence-electron chi connectivity index (χ0n) is 21.2. The molecule has 7 nitrogen and oxygen atoms in total. The number of nitrogens with zero attached hydrogens (tertiary/aromatic N) is 2. The molecule has 38 heavy (non-hydrogen) atoms. The second-order valence-corrected chi connectivity index (χ2v) is 10.0. The van der Waals surface area contributed by atoms with Gasteiger partial charge in [0.15, 0.2) is 11.6 Å². The Hall–Kier alpha value is -3.14. The van der Waals surface area contributed by atoms with Crippen LogP contribution in [-0.2, 0) is 22.5 Å². The lowest BCUT2D eigenvalue weighted by atomic mass is 9.82. The van der Waals surface area contributed by atoms with Crippen molar-refractivity contribution in [2.45, 2.75) is 51.2 Å². The molecule has 0 saturated heterocycles. The lowest BCUT2D eigenvalue weighted by Crippen LogP contribution is -2.24. The molecule has 2 aromatic carbocycles. The number of hydrogen-bond acceptors (Lipinski definition) is 5. The van der Waals surface area contributed by atoms with Gasteiger partial charge in [-0.1, -0.05) is 36.4 Å². The van der Waals surface area contributed by atoms with E-state index < -0.39 is 23.7 Å². The molecule has 3 aromatic rings. The zero-order valence-corrected chi connectivity index (χ0v) is 21.2. The quantitative estimate of drug-likeness (QED) is 0.315. The summed E-state index contributed by atoms with van der Waals surface area (Å²) in [7, 11) is 0. The maximum Gasteiger partial charge on any atom is 0.329 e. The van der Waals surface area contributed by atoms with Gasteiger partial charge in [-0.15, -0.1) is 0 Å².